The maximum atomic E-state index is 12.1. The number of pyridine rings is 1. The molecule has 3 N–H and O–H groups in total. The van der Waals surface area contributed by atoms with Crippen LogP contribution in [0, 0.1) is 5.92 Å². The highest BCUT2D eigenvalue weighted by atomic mass is 16.2. The maximum Gasteiger partial charge on any atom is 0.232 e. The fraction of sp³-hybridized carbons (Fsp3) is 0.294. The molecule has 2 aliphatic heterocycles. The van der Waals surface area contributed by atoms with Crippen LogP contribution >= 0.6 is 0 Å². The van der Waals surface area contributed by atoms with Crippen LogP contribution in [0.15, 0.2) is 36.7 Å². The summed E-state index contributed by atoms with van der Waals surface area (Å²) in [6.07, 6.45) is 3.63. The van der Waals surface area contributed by atoms with Crippen molar-refractivity contribution in [2.24, 2.45) is 5.92 Å². The van der Waals surface area contributed by atoms with E-state index in [0.29, 0.717) is 0 Å². The molecule has 0 radical (unpaired) electrons. The molecule has 5 heteroatoms. The number of nitrogens with zero attached hydrogens (tertiary/aromatic N) is 1. The third-order valence-electron chi connectivity index (χ3n) is 4.35. The number of anilines is 3. The largest absolute Gasteiger partial charge is 0.360 e. The average molecular weight is 294 g/mol. The van der Waals surface area contributed by atoms with E-state index in [1.807, 2.05) is 24.4 Å². The third-order valence-corrected chi connectivity index (χ3v) is 4.35. The minimum absolute atomic E-state index is 0.0134. The van der Waals surface area contributed by atoms with Gasteiger partial charge >= 0.3 is 0 Å². The molecular weight excluding hydrogens is 276 g/mol. The van der Waals surface area contributed by atoms with Crippen LogP contribution < -0.4 is 16.0 Å². The summed E-state index contributed by atoms with van der Waals surface area (Å²) in [5.41, 5.74) is 5.14. The van der Waals surface area contributed by atoms with Gasteiger partial charge in [0.2, 0.25) is 5.91 Å². The summed E-state index contributed by atoms with van der Waals surface area (Å²) in [5, 5.41) is 9.90. The summed E-state index contributed by atoms with van der Waals surface area (Å²) in [4.78, 5) is 16.3. The second-order valence-corrected chi connectivity index (χ2v) is 6.20. The van der Waals surface area contributed by atoms with E-state index in [0.717, 1.165) is 28.2 Å². The van der Waals surface area contributed by atoms with Gasteiger partial charge in [0.15, 0.2) is 0 Å². The predicted octanol–water partition coefficient (Wildman–Crippen LogP) is 3.31. The molecule has 2 aromatic rings. The Morgan fingerprint density at radius 3 is 2.59 bits per heavy atom. The first-order chi connectivity index (χ1) is 10.6. The molecular formula is C17H18N4O. The minimum Gasteiger partial charge on any atom is -0.360 e. The van der Waals surface area contributed by atoms with E-state index in [9.17, 15) is 4.79 Å². The first kappa shape index (κ1) is 13.1. The van der Waals surface area contributed by atoms with Gasteiger partial charge in [-0.15, -0.1) is 0 Å². The van der Waals surface area contributed by atoms with Crippen molar-refractivity contribution in [1.29, 1.82) is 0 Å². The Kier molecular flexibility index (Phi) is 2.82. The zero-order chi connectivity index (χ0) is 15.3. The molecule has 0 saturated carbocycles. The van der Waals surface area contributed by atoms with E-state index in [2.05, 4.69) is 40.8 Å². The van der Waals surface area contributed by atoms with Crippen molar-refractivity contribution < 1.29 is 4.79 Å². The monoisotopic (exact) mass is 294 g/mol. The highest BCUT2D eigenvalue weighted by Gasteiger charge is 2.35. The van der Waals surface area contributed by atoms with Crippen LogP contribution in [0.4, 0.5) is 17.1 Å². The van der Waals surface area contributed by atoms with Gasteiger partial charge in [-0.25, -0.2) is 0 Å². The highest BCUT2D eigenvalue weighted by molar-refractivity contribution is 6.05. The maximum absolute atomic E-state index is 12.1. The summed E-state index contributed by atoms with van der Waals surface area (Å²) in [6.45, 7) is 4.16. The van der Waals surface area contributed by atoms with Crippen LogP contribution in [-0.2, 0) is 4.79 Å². The number of carbonyl (C=O) groups is 1. The van der Waals surface area contributed by atoms with Crippen molar-refractivity contribution in [3.63, 3.8) is 0 Å². The lowest BCUT2D eigenvalue weighted by Gasteiger charge is -2.13. The molecule has 2 unspecified atom stereocenters. The summed E-state index contributed by atoms with van der Waals surface area (Å²) < 4.78 is 0. The number of hydrogen-bond donors (Lipinski definition) is 3. The van der Waals surface area contributed by atoms with Gasteiger partial charge in [0.1, 0.15) is 6.17 Å². The summed E-state index contributed by atoms with van der Waals surface area (Å²) in [7, 11) is 0. The third kappa shape index (κ3) is 1.93. The second-order valence-electron chi connectivity index (χ2n) is 6.20. The molecule has 5 nitrogen and oxygen atoms in total. The van der Waals surface area contributed by atoms with Crippen molar-refractivity contribution in [3.8, 4) is 0 Å². The number of hydrogen-bond acceptors (Lipinski definition) is 4. The van der Waals surface area contributed by atoms with E-state index in [1.54, 1.807) is 6.20 Å². The van der Waals surface area contributed by atoms with Crippen LogP contribution in [0.2, 0.25) is 0 Å². The van der Waals surface area contributed by atoms with Crippen molar-refractivity contribution in [2.75, 3.05) is 16.0 Å². The Bertz CT molecular complexity index is 742. The molecule has 3 heterocycles. The fourth-order valence-corrected chi connectivity index (χ4v) is 3.29. The van der Waals surface area contributed by atoms with E-state index in [4.69, 9.17) is 0 Å². The van der Waals surface area contributed by atoms with Crippen LogP contribution in [0.25, 0.3) is 0 Å². The Hall–Kier alpha value is -2.56. The molecule has 0 fully saturated rings. The van der Waals surface area contributed by atoms with Crippen LogP contribution in [0.5, 0.6) is 0 Å². The predicted molar refractivity (Wildman–Crippen MR) is 86.9 cm³/mol. The molecule has 0 saturated heterocycles. The number of fused-ring (bicyclic) bond motifs is 2. The molecule has 2 atom stereocenters. The van der Waals surface area contributed by atoms with Gasteiger partial charge in [-0.3, -0.25) is 9.78 Å². The standard InChI is InChI=1S/C17H18N4O/c1-9(2)15-11-6-13-14(7-12(11)21-17(15)22)20-16(19-13)10-4-3-5-18-8-10/h3-9,15-16,19-20H,1-2H3,(H,21,22). The van der Waals surface area contributed by atoms with Crippen LogP contribution in [-0.4, -0.2) is 10.9 Å². The molecule has 0 aliphatic carbocycles. The minimum atomic E-state index is -0.0699. The Morgan fingerprint density at radius 1 is 1.14 bits per heavy atom. The molecule has 0 spiro atoms. The van der Waals surface area contributed by atoms with Gasteiger partial charge in [-0.2, -0.15) is 0 Å². The normalized spacial score (nSPS) is 21.9. The summed E-state index contributed by atoms with van der Waals surface area (Å²) in [5.74, 6) is 0.305. The van der Waals surface area contributed by atoms with E-state index < -0.39 is 0 Å². The zero-order valence-electron chi connectivity index (χ0n) is 12.6. The Balaban J connectivity index is 1.69. The van der Waals surface area contributed by atoms with E-state index >= 15 is 0 Å². The van der Waals surface area contributed by atoms with Gasteiger partial charge in [0.05, 0.1) is 17.3 Å². The first-order valence-electron chi connectivity index (χ1n) is 7.55. The van der Waals surface area contributed by atoms with E-state index in [1.165, 1.54) is 0 Å². The SMILES string of the molecule is CC(C)C1C(=O)Nc2cc3c(cc21)NC(c1cccnc1)N3. The molecule has 4 rings (SSSR count). The van der Waals surface area contributed by atoms with Gasteiger partial charge < -0.3 is 16.0 Å². The van der Waals surface area contributed by atoms with Crippen LogP contribution in [0.1, 0.15) is 37.1 Å². The lowest BCUT2D eigenvalue weighted by molar-refractivity contribution is -0.117. The Morgan fingerprint density at radius 2 is 1.91 bits per heavy atom. The first-order valence-corrected chi connectivity index (χ1v) is 7.55. The zero-order valence-corrected chi connectivity index (χ0v) is 12.6. The Labute approximate surface area is 129 Å². The number of carbonyl (C=O) groups excluding carboxylic acids is 1. The van der Waals surface area contributed by atoms with Gasteiger partial charge in [-0.1, -0.05) is 19.9 Å². The number of amides is 1. The molecule has 112 valence electrons. The number of rotatable bonds is 2. The van der Waals surface area contributed by atoms with Gasteiger partial charge in [0, 0.05) is 23.6 Å². The van der Waals surface area contributed by atoms with Crippen molar-refractivity contribution >= 4 is 23.0 Å². The quantitative estimate of drug-likeness (QED) is 0.795. The molecule has 1 aromatic carbocycles. The lowest BCUT2D eigenvalue weighted by Crippen LogP contribution is -2.17. The molecule has 1 aromatic heterocycles. The van der Waals surface area contributed by atoms with Crippen molar-refractivity contribution in [1.82, 2.24) is 4.98 Å². The second kappa shape index (κ2) is 4.73. The lowest BCUT2D eigenvalue weighted by atomic mass is 9.89. The highest BCUT2D eigenvalue weighted by Crippen LogP contribution is 2.45. The summed E-state index contributed by atoms with van der Waals surface area (Å²) >= 11 is 0. The van der Waals surface area contributed by atoms with Crippen molar-refractivity contribution in [3.05, 3.63) is 47.8 Å². The molecule has 22 heavy (non-hydrogen) atoms. The molecule has 1 amide bonds. The summed E-state index contributed by atoms with van der Waals surface area (Å²) in [6, 6.07) is 8.08. The molecule has 0 bridgehead atoms. The van der Waals surface area contributed by atoms with E-state index in [-0.39, 0.29) is 23.9 Å². The average Bonchev–Trinajstić information content (AvgIpc) is 3.04. The van der Waals surface area contributed by atoms with Crippen molar-refractivity contribution in [2.45, 2.75) is 25.9 Å². The smallest absolute Gasteiger partial charge is 0.232 e. The topological polar surface area (TPSA) is 66.0 Å². The van der Waals surface area contributed by atoms with Crippen LogP contribution in [0.3, 0.4) is 0 Å². The number of nitrogens with one attached hydrogen (secondary N) is 3. The number of benzene rings is 1. The van der Waals surface area contributed by atoms with Gasteiger partial charge in [0.25, 0.3) is 0 Å². The fourth-order valence-electron chi connectivity index (χ4n) is 3.29. The van der Waals surface area contributed by atoms with Gasteiger partial charge in [-0.05, 0) is 29.7 Å². The molecule has 2 aliphatic rings. The number of aromatic nitrogens is 1.